The lowest BCUT2D eigenvalue weighted by Crippen LogP contribution is -2.02. The first-order valence-corrected chi connectivity index (χ1v) is 7.45. The zero-order chi connectivity index (χ0) is 13.4. The predicted octanol–water partition coefficient (Wildman–Crippen LogP) is 4.16. The molecule has 0 radical (unpaired) electrons. The van der Waals surface area contributed by atoms with Gasteiger partial charge in [0.05, 0.1) is 0 Å². The predicted molar refractivity (Wildman–Crippen MR) is 86.4 cm³/mol. The molecular weight excluding hydrogens is 419 g/mol. The molecule has 0 aliphatic rings. The molecule has 0 fully saturated rings. The molecule has 19 heavy (non-hydrogen) atoms. The fraction of sp³-hybridized carbons (Fsp3) is 0. The van der Waals surface area contributed by atoms with Crippen molar-refractivity contribution >= 4 is 55.2 Å². The van der Waals surface area contributed by atoms with Gasteiger partial charge in [0.15, 0.2) is 5.78 Å². The van der Waals surface area contributed by atoms with Crippen molar-refractivity contribution in [2.75, 3.05) is 0 Å². The number of fused-ring (bicyclic) bond motifs is 1. The normalized spacial score (nSPS) is 10.8. The number of H-pyrrole nitrogens is 1. The largest absolute Gasteiger partial charge is 0.360 e. The lowest BCUT2D eigenvalue weighted by Gasteiger charge is -2.03. The van der Waals surface area contributed by atoms with Crippen molar-refractivity contribution < 1.29 is 4.79 Å². The van der Waals surface area contributed by atoms with Crippen molar-refractivity contribution in [2.45, 2.75) is 0 Å². The van der Waals surface area contributed by atoms with E-state index < -0.39 is 0 Å². The van der Waals surface area contributed by atoms with Crippen LogP contribution in [0.5, 0.6) is 0 Å². The average molecular weight is 427 g/mol. The van der Waals surface area contributed by atoms with Gasteiger partial charge in [0, 0.05) is 48.7 Å². The summed E-state index contributed by atoms with van der Waals surface area (Å²) in [6.07, 6.45) is 5.15. The minimum absolute atomic E-state index is 0.00959. The van der Waals surface area contributed by atoms with Gasteiger partial charge in [-0.15, -0.1) is 0 Å². The van der Waals surface area contributed by atoms with Crippen molar-refractivity contribution in [1.82, 2.24) is 9.97 Å². The monoisotopic (exact) mass is 426 g/mol. The summed E-state index contributed by atoms with van der Waals surface area (Å²) in [7, 11) is 0. The summed E-state index contributed by atoms with van der Waals surface area (Å²) in [4.78, 5) is 19.8. The molecule has 0 atom stereocenters. The SMILES string of the molecule is O=C(c1cc(I)ccc1Br)c1c[nH]c2ccncc12. The number of carbonyl (C=O) groups excluding carboxylic acids is 1. The van der Waals surface area contributed by atoms with Gasteiger partial charge in [0.1, 0.15) is 0 Å². The maximum Gasteiger partial charge on any atom is 0.196 e. The van der Waals surface area contributed by atoms with Crippen molar-refractivity contribution in [3.63, 3.8) is 0 Å². The Kier molecular flexibility index (Phi) is 3.40. The number of ketones is 1. The molecule has 3 nitrogen and oxygen atoms in total. The van der Waals surface area contributed by atoms with Crippen LogP contribution in [0.3, 0.4) is 0 Å². The first kappa shape index (κ1) is 12.8. The Balaban J connectivity index is 2.16. The highest BCUT2D eigenvalue weighted by molar-refractivity contribution is 14.1. The molecule has 0 saturated heterocycles. The maximum absolute atomic E-state index is 12.6. The van der Waals surface area contributed by atoms with Crippen molar-refractivity contribution in [1.29, 1.82) is 0 Å². The fourth-order valence-electron chi connectivity index (χ4n) is 1.97. The molecule has 2 aromatic heterocycles. The van der Waals surface area contributed by atoms with Crippen LogP contribution in [0.25, 0.3) is 10.9 Å². The molecule has 0 unspecified atom stereocenters. The molecule has 5 heteroatoms. The Morgan fingerprint density at radius 2 is 2.11 bits per heavy atom. The van der Waals surface area contributed by atoms with Gasteiger partial charge in [-0.25, -0.2) is 0 Å². The van der Waals surface area contributed by atoms with Gasteiger partial charge in [-0.2, -0.15) is 0 Å². The number of aromatic amines is 1. The number of benzene rings is 1. The Bertz CT molecular complexity index is 782. The third-order valence-corrected chi connectivity index (χ3v) is 4.26. The number of carbonyl (C=O) groups is 1. The van der Waals surface area contributed by atoms with E-state index in [1.165, 1.54) is 0 Å². The molecule has 1 N–H and O–H groups in total. The van der Waals surface area contributed by atoms with Gasteiger partial charge in [-0.05, 0) is 46.9 Å². The molecule has 0 bridgehead atoms. The second kappa shape index (κ2) is 5.05. The van der Waals surface area contributed by atoms with Crippen LogP contribution in [-0.2, 0) is 0 Å². The van der Waals surface area contributed by atoms with Crippen molar-refractivity contribution in [3.05, 3.63) is 62.0 Å². The highest BCUT2D eigenvalue weighted by Gasteiger charge is 2.16. The molecule has 94 valence electrons. The van der Waals surface area contributed by atoms with Gasteiger partial charge in [0.2, 0.25) is 0 Å². The van der Waals surface area contributed by atoms with Gasteiger partial charge in [-0.1, -0.05) is 15.9 Å². The van der Waals surface area contributed by atoms with Crippen LogP contribution in [0.2, 0.25) is 0 Å². The zero-order valence-electron chi connectivity index (χ0n) is 9.65. The summed E-state index contributed by atoms with van der Waals surface area (Å²) in [5.74, 6) is -0.00959. The van der Waals surface area contributed by atoms with Crippen LogP contribution in [0, 0.1) is 3.57 Å². The van der Waals surface area contributed by atoms with Crippen LogP contribution in [-0.4, -0.2) is 15.8 Å². The lowest BCUT2D eigenvalue weighted by molar-refractivity contribution is 0.103. The van der Waals surface area contributed by atoms with Crippen molar-refractivity contribution in [2.24, 2.45) is 0 Å². The fourth-order valence-corrected chi connectivity index (χ4v) is 2.88. The van der Waals surface area contributed by atoms with E-state index in [9.17, 15) is 4.79 Å². The number of nitrogens with one attached hydrogen (secondary N) is 1. The average Bonchev–Trinajstić information content (AvgIpc) is 2.84. The second-order valence-corrected chi connectivity index (χ2v) is 6.18. The minimum Gasteiger partial charge on any atom is -0.360 e. The molecule has 1 aromatic carbocycles. The van der Waals surface area contributed by atoms with Gasteiger partial charge in [0.25, 0.3) is 0 Å². The van der Waals surface area contributed by atoms with Crippen LogP contribution >= 0.6 is 38.5 Å². The Morgan fingerprint density at radius 3 is 2.95 bits per heavy atom. The third-order valence-electron chi connectivity index (χ3n) is 2.90. The van der Waals surface area contributed by atoms with E-state index in [2.05, 4.69) is 48.5 Å². The van der Waals surface area contributed by atoms with Gasteiger partial charge < -0.3 is 4.98 Å². The summed E-state index contributed by atoms with van der Waals surface area (Å²) >= 11 is 5.63. The van der Waals surface area contributed by atoms with Crippen LogP contribution in [0.15, 0.2) is 47.3 Å². The van der Waals surface area contributed by atoms with E-state index in [1.807, 2.05) is 24.3 Å². The summed E-state index contributed by atoms with van der Waals surface area (Å²) in [5.41, 5.74) is 2.22. The third kappa shape index (κ3) is 2.32. The molecular formula is C14H8BrIN2O. The smallest absolute Gasteiger partial charge is 0.196 e. The topological polar surface area (TPSA) is 45.8 Å². The molecule has 0 aliphatic heterocycles. The molecule has 2 heterocycles. The molecule has 3 aromatic rings. The summed E-state index contributed by atoms with van der Waals surface area (Å²) < 4.78 is 1.83. The van der Waals surface area contributed by atoms with E-state index in [4.69, 9.17) is 0 Å². The number of hydrogen-bond acceptors (Lipinski definition) is 2. The Morgan fingerprint density at radius 1 is 1.26 bits per heavy atom. The van der Waals surface area contributed by atoms with E-state index in [1.54, 1.807) is 18.6 Å². The van der Waals surface area contributed by atoms with Gasteiger partial charge >= 0.3 is 0 Å². The number of pyridine rings is 1. The number of halogens is 2. The number of aromatic nitrogens is 2. The van der Waals surface area contributed by atoms with Crippen LogP contribution in [0.4, 0.5) is 0 Å². The van der Waals surface area contributed by atoms with Crippen LogP contribution < -0.4 is 0 Å². The first-order valence-electron chi connectivity index (χ1n) is 5.57. The molecule has 3 rings (SSSR count). The first-order chi connectivity index (χ1) is 9.16. The van der Waals surface area contributed by atoms with E-state index in [-0.39, 0.29) is 5.78 Å². The standard InChI is InChI=1S/C14H8BrIN2O/c15-12-2-1-8(16)5-9(12)14(19)11-7-18-13-3-4-17-6-10(11)13/h1-7,18H. The highest BCUT2D eigenvalue weighted by atomic mass is 127. The summed E-state index contributed by atoms with van der Waals surface area (Å²) in [6.45, 7) is 0. The van der Waals surface area contributed by atoms with Crippen LogP contribution in [0.1, 0.15) is 15.9 Å². The zero-order valence-corrected chi connectivity index (χ0v) is 13.4. The summed E-state index contributed by atoms with van der Waals surface area (Å²) in [6, 6.07) is 7.58. The molecule has 0 saturated carbocycles. The molecule has 0 spiro atoms. The molecule has 0 amide bonds. The molecule has 0 aliphatic carbocycles. The highest BCUT2D eigenvalue weighted by Crippen LogP contribution is 2.25. The Hall–Kier alpha value is -1.21. The number of hydrogen-bond donors (Lipinski definition) is 1. The number of nitrogens with zero attached hydrogens (tertiary/aromatic N) is 1. The Labute approximate surface area is 131 Å². The second-order valence-electron chi connectivity index (χ2n) is 4.08. The van der Waals surface area contributed by atoms with E-state index >= 15 is 0 Å². The van der Waals surface area contributed by atoms with Crippen molar-refractivity contribution in [3.8, 4) is 0 Å². The van der Waals surface area contributed by atoms with Gasteiger partial charge in [-0.3, -0.25) is 9.78 Å². The van der Waals surface area contributed by atoms with E-state index in [0.29, 0.717) is 11.1 Å². The quantitative estimate of drug-likeness (QED) is 0.494. The summed E-state index contributed by atoms with van der Waals surface area (Å²) in [5, 5.41) is 0.846. The maximum atomic E-state index is 12.6. The van der Waals surface area contributed by atoms with E-state index in [0.717, 1.165) is 18.9 Å². The minimum atomic E-state index is -0.00959. The lowest BCUT2D eigenvalue weighted by atomic mass is 10.0. The number of rotatable bonds is 2.